The van der Waals surface area contributed by atoms with E-state index in [2.05, 4.69) is 26.1 Å². The normalized spacial score (nSPS) is 11.0. The minimum absolute atomic E-state index is 0.0551. The van der Waals surface area contributed by atoms with E-state index in [0.717, 1.165) is 10.5 Å². The van der Waals surface area contributed by atoms with Crippen molar-refractivity contribution in [3.63, 3.8) is 0 Å². The third-order valence-corrected chi connectivity index (χ3v) is 5.54. The number of hydrogen-bond acceptors (Lipinski definition) is 4. The van der Waals surface area contributed by atoms with E-state index >= 15 is 0 Å². The molecule has 0 aliphatic carbocycles. The molecule has 2 amide bonds. The largest absolute Gasteiger partial charge is 0.506 e. The van der Waals surface area contributed by atoms with Gasteiger partial charge < -0.3 is 16.2 Å². The molecular formula is C25H24ClN3O3S. The molecule has 6 nitrogen and oxygen atoms in total. The van der Waals surface area contributed by atoms with Crippen LogP contribution in [0.1, 0.15) is 47.1 Å². The molecule has 8 heteroatoms. The van der Waals surface area contributed by atoms with Crippen molar-refractivity contribution in [2.75, 3.05) is 10.2 Å². The average molecular weight is 482 g/mol. The Morgan fingerprint density at radius 2 is 1.67 bits per heavy atom. The van der Waals surface area contributed by atoms with E-state index in [-0.39, 0.29) is 38.2 Å². The fourth-order valence-corrected chi connectivity index (χ4v) is 3.60. The summed E-state index contributed by atoms with van der Waals surface area (Å²) in [5, 5.41) is 13.2. The quantitative estimate of drug-likeness (QED) is 0.338. The summed E-state index contributed by atoms with van der Waals surface area (Å²) in [6.45, 7) is 6.25. The molecule has 3 rings (SSSR count). The molecule has 0 unspecified atom stereocenters. The lowest BCUT2D eigenvalue weighted by Crippen LogP contribution is -2.40. The van der Waals surface area contributed by atoms with E-state index < -0.39 is 11.8 Å². The van der Waals surface area contributed by atoms with Crippen molar-refractivity contribution in [2.24, 2.45) is 5.73 Å². The summed E-state index contributed by atoms with van der Waals surface area (Å²) < 4.78 is 0. The van der Waals surface area contributed by atoms with E-state index in [1.165, 1.54) is 18.2 Å². The number of benzene rings is 3. The summed E-state index contributed by atoms with van der Waals surface area (Å²) in [5.41, 5.74) is 7.93. The SMILES string of the molecule is CC(C)(C)c1ccc(C(=O)N(C(N)=S)c2ccc(NC(=O)c3ccccc3Cl)c(O)c2)cc1. The van der Waals surface area contributed by atoms with E-state index in [1.54, 1.807) is 36.4 Å². The number of hydrogen-bond donors (Lipinski definition) is 3. The van der Waals surface area contributed by atoms with Crippen LogP contribution in [0, 0.1) is 0 Å². The molecule has 0 fully saturated rings. The maximum absolute atomic E-state index is 13.1. The molecule has 0 aliphatic rings. The number of phenols is 1. The maximum Gasteiger partial charge on any atom is 0.264 e. The number of anilines is 2. The molecule has 0 radical (unpaired) electrons. The summed E-state index contributed by atoms with van der Waals surface area (Å²) in [4.78, 5) is 26.8. The van der Waals surface area contributed by atoms with Gasteiger partial charge in [-0.05, 0) is 59.6 Å². The number of thiocarbonyl (C=S) groups is 1. The third kappa shape index (κ3) is 5.50. The Hall–Kier alpha value is -3.42. The van der Waals surface area contributed by atoms with Gasteiger partial charge in [0.15, 0.2) is 5.11 Å². The number of halogens is 1. The predicted octanol–water partition coefficient (Wildman–Crippen LogP) is 5.49. The Morgan fingerprint density at radius 3 is 2.21 bits per heavy atom. The van der Waals surface area contributed by atoms with Crippen molar-refractivity contribution in [1.29, 1.82) is 0 Å². The van der Waals surface area contributed by atoms with Crippen molar-refractivity contribution in [2.45, 2.75) is 26.2 Å². The Kier molecular flexibility index (Phi) is 7.05. The predicted molar refractivity (Wildman–Crippen MR) is 136 cm³/mol. The molecule has 0 saturated carbocycles. The van der Waals surface area contributed by atoms with Crippen LogP contribution in [0.4, 0.5) is 11.4 Å². The summed E-state index contributed by atoms with van der Waals surface area (Å²) >= 11 is 11.2. The standard InChI is InChI=1S/C25H24ClN3O3S/c1-25(2,3)16-10-8-15(9-11-16)23(32)29(24(27)33)17-12-13-20(21(30)14-17)28-22(31)18-6-4-5-7-19(18)26/h4-14,30H,1-3H3,(H2,27,33)(H,28,31). The number of phenolic OH excluding ortho intramolecular Hbond substituents is 1. The topological polar surface area (TPSA) is 95.7 Å². The van der Waals surface area contributed by atoms with Crippen LogP contribution >= 0.6 is 23.8 Å². The highest BCUT2D eigenvalue weighted by Gasteiger charge is 2.23. The highest BCUT2D eigenvalue weighted by molar-refractivity contribution is 7.80. The van der Waals surface area contributed by atoms with E-state index in [0.29, 0.717) is 5.56 Å². The number of nitrogens with one attached hydrogen (secondary N) is 1. The molecule has 0 heterocycles. The van der Waals surface area contributed by atoms with Gasteiger partial charge in [-0.1, -0.05) is 56.6 Å². The minimum atomic E-state index is -0.482. The lowest BCUT2D eigenvalue weighted by atomic mass is 9.86. The van der Waals surface area contributed by atoms with Gasteiger partial charge in [0, 0.05) is 11.6 Å². The molecule has 3 aromatic carbocycles. The monoisotopic (exact) mass is 481 g/mol. The fraction of sp³-hybridized carbons (Fsp3) is 0.160. The van der Waals surface area contributed by atoms with Gasteiger partial charge in [-0.25, -0.2) is 0 Å². The molecular weight excluding hydrogens is 458 g/mol. The van der Waals surface area contributed by atoms with Gasteiger partial charge >= 0.3 is 0 Å². The van der Waals surface area contributed by atoms with Crippen LogP contribution in [-0.2, 0) is 5.41 Å². The van der Waals surface area contributed by atoms with Gasteiger partial charge in [-0.2, -0.15) is 0 Å². The van der Waals surface area contributed by atoms with E-state index in [4.69, 9.17) is 29.6 Å². The number of carbonyl (C=O) groups excluding carboxylic acids is 2. The molecule has 0 aromatic heterocycles. The van der Waals surface area contributed by atoms with Crippen molar-refractivity contribution in [1.82, 2.24) is 0 Å². The number of carbonyl (C=O) groups is 2. The molecule has 0 bridgehead atoms. The van der Waals surface area contributed by atoms with Gasteiger partial charge in [0.25, 0.3) is 11.8 Å². The Bertz CT molecular complexity index is 1220. The van der Waals surface area contributed by atoms with E-state index in [1.807, 2.05) is 12.1 Å². The van der Waals surface area contributed by atoms with Gasteiger partial charge in [-0.15, -0.1) is 0 Å². The molecule has 0 aliphatic heterocycles. The van der Waals surface area contributed by atoms with E-state index in [9.17, 15) is 14.7 Å². The van der Waals surface area contributed by atoms with Crippen molar-refractivity contribution >= 4 is 52.1 Å². The Morgan fingerprint density at radius 1 is 1.03 bits per heavy atom. The second-order valence-corrected chi connectivity index (χ2v) is 9.27. The summed E-state index contributed by atoms with van der Waals surface area (Å²) in [7, 11) is 0. The fourth-order valence-electron chi connectivity index (χ4n) is 3.19. The average Bonchev–Trinajstić information content (AvgIpc) is 2.75. The number of nitrogens with two attached hydrogens (primary N) is 1. The molecule has 0 spiro atoms. The molecule has 3 aromatic rings. The zero-order valence-electron chi connectivity index (χ0n) is 18.4. The smallest absolute Gasteiger partial charge is 0.264 e. The molecule has 0 atom stereocenters. The van der Waals surface area contributed by atoms with Crippen LogP contribution in [-0.4, -0.2) is 22.0 Å². The van der Waals surface area contributed by atoms with Gasteiger partial charge in [0.2, 0.25) is 0 Å². The molecule has 170 valence electrons. The first-order valence-electron chi connectivity index (χ1n) is 10.1. The van der Waals surface area contributed by atoms with Crippen molar-refractivity contribution in [3.8, 4) is 5.75 Å². The zero-order valence-corrected chi connectivity index (χ0v) is 20.0. The third-order valence-electron chi connectivity index (χ3n) is 5.03. The van der Waals surface area contributed by atoms with Crippen molar-refractivity contribution < 1.29 is 14.7 Å². The highest BCUT2D eigenvalue weighted by Crippen LogP contribution is 2.31. The van der Waals surface area contributed by atoms with Crippen molar-refractivity contribution in [3.05, 3.63) is 88.4 Å². The second-order valence-electron chi connectivity index (χ2n) is 8.44. The summed E-state index contributed by atoms with van der Waals surface area (Å²) in [5.74, 6) is -1.18. The highest BCUT2D eigenvalue weighted by atomic mass is 35.5. The van der Waals surface area contributed by atoms with Crippen LogP contribution < -0.4 is 16.0 Å². The summed E-state index contributed by atoms with van der Waals surface area (Å²) in [6, 6.07) is 18.1. The van der Waals surface area contributed by atoms with Crippen LogP contribution in [0.5, 0.6) is 5.75 Å². The Balaban J connectivity index is 1.86. The lowest BCUT2D eigenvalue weighted by Gasteiger charge is -2.23. The Labute approximate surface area is 203 Å². The number of aromatic hydroxyl groups is 1. The number of nitrogens with zero attached hydrogens (tertiary/aromatic N) is 1. The van der Waals surface area contributed by atoms with Gasteiger partial charge in [-0.3, -0.25) is 14.5 Å². The first kappa shape index (κ1) is 24.2. The van der Waals surface area contributed by atoms with Gasteiger partial charge in [0.05, 0.1) is 22.0 Å². The van der Waals surface area contributed by atoms with Gasteiger partial charge in [0.1, 0.15) is 5.75 Å². The second kappa shape index (κ2) is 9.60. The minimum Gasteiger partial charge on any atom is -0.506 e. The maximum atomic E-state index is 13.1. The first-order valence-corrected chi connectivity index (χ1v) is 10.9. The van der Waals surface area contributed by atoms with Crippen LogP contribution in [0.25, 0.3) is 0 Å². The van der Waals surface area contributed by atoms with Crippen LogP contribution in [0.3, 0.4) is 0 Å². The molecule has 0 saturated heterocycles. The number of amides is 2. The van der Waals surface area contributed by atoms with Crippen LogP contribution in [0.15, 0.2) is 66.7 Å². The molecule has 33 heavy (non-hydrogen) atoms. The first-order chi connectivity index (χ1) is 15.5. The zero-order chi connectivity index (χ0) is 24.3. The molecule has 4 N–H and O–H groups in total. The number of rotatable bonds is 4. The van der Waals surface area contributed by atoms with Crippen LogP contribution in [0.2, 0.25) is 5.02 Å². The summed E-state index contributed by atoms with van der Waals surface area (Å²) in [6.07, 6.45) is 0. The lowest BCUT2D eigenvalue weighted by molar-refractivity contribution is 0.0999.